The summed E-state index contributed by atoms with van der Waals surface area (Å²) in [6.07, 6.45) is 3.08. The highest BCUT2D eigenvalue weighted by Gasteiger charge is 2.61. The molecule has 4 atom stereocenters. The molecule has 6 rings (SSSR count). The molecule has 2 aromatic carbocycles. The van der Waals surface area contributed by atoms with Crippen molar-refractivity contribution in [2.75, 3.05) is 9.80 Å². The molecule has 2 bridgehead atoms. The van der Waals surface area contributed by atoms with Crippen LogP contribution in [0.4, 0.5) is 11.4 Å². The Morgan fingerprint density at radius 3 is 1.55 bits per heavy atom. The van der Waals surface area contributed by atoms with Gasteiger partial charge in [0.2, 0.25) is 11.8 Å². The Hall–Kier alpha value is -3.28. The largest absolute Gasteiger partial charge is 0.274 e. The van der Waals surface area contributed by atoms with Crippen molar-refractivity contribution in [3.63, 3.8) is 0 Å². The Morgan fingerprint density at radius 2 is 1.07 bits per heavy atom. The quantitative estimate of drug-likeness (QED) is 0.744. The average molecular weight is 386 g/mol. The Bertz CT molecular complexity index is 1040. The zero-order chi connectivity index (χ0) is 19.9. The minimum absolute atomic E-state index is 0.0966. The summed E-state index contributed by atoms with van der Waals surface area (Å²) < 4.78 is 0. The van der Waals surface area contributed by atoms with Crippen LogP contribution < -0.4 is 9.80 Å². The van der Waals surface area contributed by atoms with Crippen molar-refractivity contribution in [2.45, 2.75) is 19.3 Å². The molecule has 3 fully saturated rings. The van der Waals surface area contributed by atoms with Gasteiger partial charge in [0.05, 0.1) is 34.3 Å². The van der Waals surface area contributed by atoms with Gasteiger partial charge in [-0.25, -0.2) is 4.90 Å². The number of imide groups is 2. The van der Waals surface area contributed by atoms with Gasteiger partial charge in [-0.1, -0.05) is 12.1 Å². The molecule has 2 saturated carbocycles. The summed E-state index contributed by atoms with van der Waals surface area (Å²) in [6, 6.07) is 13.3. The van der Waals surface area contributed by atoms with Crippen molar-refractivity contribution >= 4 is 35.0 Å². The normalized spacial score (nSPS) is 29.8. The molecule has 0 spiro atoms. The SMILES string of the molecule is O=C1c2ccccc2C(=O)N1c1ccc(N2C(=O)[C@@H]3[C@H]4CC[C@@H](C4)[C@@H]3C2=O)cc1. The standard InChI is InChI=1S/C23H18N2O4/c26-20-16-3-1-2-4-17(16)21(27)24(20)14-7-9-15(10-8-14)25-22(28)18-12-5-6-13(11-12)19(18)23(25)29/h1-4,7-10,12-13,18-19H,5-6,11H2/t12-,13-,18-,19+/m0/s1. The molecule has 0 unspecified atom stereocenters. The fraction of sp³-hybridized carbons (Fsp3) is 0.304. The lowest BCUT2D eigenvalue weighted by Gasteiger charge is -2.19. The third-order valence-corrected chi connectivity index (χ3v) is 7.09. The monoisotopic (exact) mass is 386 g/mol. The Labute approximate surface area is 167 Å². The number of fused-ring (bicyclic) bond motifs is 6. The second-order valence-electron chi connectivity index (χ2n) is 8.40. The number of carbonyl (C=O) groups is 4. The van der Waals surface area contributed by atoms with Crippen LogP contribution in [0.25, 0.3) is 0 Å². The fourth-order valence-corrected chi connectivity index (χ4v) is 5.84. The van der Waals surface area contributed by atoms with E-state index in [1.807, 2.05) is 0 Å². The van der Waals surface area contributed by atoms with Crippen LogP contribution in [-0.4, -0.2) is 23.6 Å². The van der Waals surface area contributed by atoms with Gasteiger partial charge in [0.1, 0.15) is 0 Å². The Morgan fingerprint density at radius 1 is 0.621 bits per heavy atom. The molecule has 0 N–H and O–H groups in total. The zero-order valence-corrected chi connectivity index (χ0v) is 15.6. The molecule has 2 aliphatic carbocycles. The number of rotatable bonds is 2. The number of anilines is 2. The van der Waals surface area contributed by atoms with Crippen molar-refractivity contribution in [1.29, 1.82) is 0 Å². The topological polar surface area (TPSA) is 74.8 Å². The van der Waals surface area contributed by atoms with E-state index in [0.29, 0.717) is 34.3 Å². The van der Waals surface area contributed by atoms with Crippen LogP contribution in [0.15, 0.2) is 48.5 Å². The first-order chi connectivity index (χ1) is 14.1. The van der Waals surface area contributed by atoms with E-state index in [1.165, 1.54) is 4.90 Å². The predicted octanol–water partition coefficient (Wildman–Crippen LogP) is 3.02. The lowest BCUT2D eigenvalue weighted by Crippen LogP contribution is -2.33. The van der Waals surface area contributed by atoms with Crippen LogP contribution in [0.3, 0.4) is 0 Å². The van der Waals surface area contributed by atoms with E-state index in [9.17, 15) is 19.2 Å². The summed E-state index contributed by atoms with van der Waals surface area (Å²) in [6.45, 7) is 0. The second kappa shape index (κ2) is 5.63. The molecule has 29 heavy (non-hydrogen) atoms. The van der Waals surface area contributed by atoms with Gasteiger partial charge in [0, 0.05) is 0 Å². The molecular formula is C23H18N2O4. The minimum atomic E-state index is -0.363. The van der Waals surface area contributed by atoms with E-state index >= 15 is 0 Å². The first-order valence-electron chi connectivity index (χ1n) is 10.0. The molecule has 2 heterocycles. The van der Waals surface area contributed by atoms with Crippen molar-refractivity contribution in [3.8, 4) is 0 Å². The molecule has 1 saturated heterocycles. The van der Waals surface area contributed by atoms with Crippen LogP contribution >= 0.6 is 0 Å². The molecule has 0 radical (unpaired) electrons. The maximum Gasteiger partial charge on any atom is 0.266 e. The maximum absolute atomic E-state index is 13.0. The fourth-order valence-electron chi connectivity index (χ4n) is 5.84. The van der Waals surface area contributed by atoms with Crippen LogP contribution in [0, 0.1) is 23.7 Å². The Kier molecular flexibility index (Phi) is 3.23. The van der Waals surface area contributed by atoms with Gasteiger partial charge in [-0.05, 0) is 67.5 Å². The average Bonchev–Trinajstić information content (AvgIpc) is 3.47. The van der Waals surface area contributed by atoms with Crippen molar-refractivity contribution in [2.24, 2.45) is 23.7 Å². The summed E-state index contributed by atoms with van der Waals surface area (Å²) in [5.74, 6) is -0.584. The minimum Gasteiger partial charge on any atom is -0.274 e. The van der Waals surface area contributed by atoms with Crippen LogP contribution in [0.2, 0.25) is 0 Å². The second-order valence-corrected chi connectivity index (χ2v) is 8.40. The summed E-state index contributed by atoms with van der Waals surface area (Å²) in [5.41, 5.74) is 1.71. The van der Waals surface area contributed by atoms with E-state index in [4.69, 9.17) is 0 Å². The number of hydrogen-bond donors (Lipinski definition) is 0. The van der Waals surface area contributed by atoms with E-state index < -0.39 is 0 Å². The smallest absolute Gasteiger partial charge is 0.266 e. The van der Waals surface area contributed by atoms with E-state index in [0.717, 1.165) is 24.2 Å². The van der Waals surface area contributed by atoms with Gasteiger partial charge in [-0.15, -0.1) is 0 Å². The third-order valence-electron chi connectivity index (χ3n) is 7.09. The first-order valence-corrected chi connectivity index (χ1v) is 10.0. The van der Waals surface area contributed by atoms with Crippen molar-refractivity contribution < 1.29 is 19.2 Å². The van der Waals surface area contributed by atoms with Gasteiger partial charge in [-0.2, -0.15) is 0 Å². The number of benzene rings is 2. The molecule has 6 heteroatoms. The van der Waals surface area contributed by atoms with Crippen LogP contribution in [-0.2, 0) is 9.59 Å². The van der Waals surface area contributed by atoms with Gasteiger partial charge in [0.15, 0.2) is 0 Å². The molecule has 4 amide bonds. The molecule has 2 aromatic rings. The summed E-state index contributed by atoms with van der Waals surface area (Å²) in [7, 11) is 0. The maximum atomic E-state index is 13.0. The molecular weight excluding hydrogens is 368 g/mol. The van der Waals surface area contributed by atoms with Crippen LogP contribution in [0.5, 0.6) is 0 Å². The van der Waals surface area contributed by atoms with Crippen molar-refractivity contribution in [3.05, 3.63) is 59.7 Å². The van der Waals surface area contributed by atoms with Gasteiger partial charge >= 0.3 is 0 Å². The van der Waals surface area contributed by atoms with Gasteiger partial charge in [0.25, 0.3) is 11.8 Å². The van der Waals surface area contributed by atoms with Gasteiger partial charge in [-0.3, -0.25) is 24.1 Å². The third kappa shape index (κ3) is 2.06. The number of amides is 4. The molecule has 4 aliphatic rings. The summed E-state index contributed by atoms with van der Waals surface area (Å²) in [5, 5.41) is 0. The molecule has 144 valence electrons. The highest BCUT2D eigenvalue weighted by Crippen LogP contribution is 2.56. The van der Waals surface area contributed by atoms with E-state index in [2.05, 4.69) is 0 Å². The van der Waals surface area contributed by atoms with Crippen LogP contribution in [0.1, 0.15) is 40.0 Å². The summed E-state index contributed by atoms with van der Waals surface area (Å²) >= 11 is 0. The van der Waals surface area contributed by atoms with Gasteiger partial charge < -0.3 is 0 Å². The number of carbonyl (C=O) groups excluding carboxylic acids is 4. The van der Waals surface area contributed by atoms with E-state index in [1.54, 1.807) is 48.5 Å². The molecule has 0 aromatic heterocycles. The zero-order valence-electron chi connectivity index (χ0n) is 15.6. The highest BCUT2D eigenvalue weighted by molar-refractivity contribution is 6.34. The molecule has 2 aliphatic heterocycles. The van der Waals surface area contributed by atoms with Crippen molar-refractivity contribution in [1.82, 2.24) is 0 Å². The number of nitrogens with zero attached hydrogens (tertiary/aromatic N) is 2. The highest BCUT2D eigenvalue weighted by atomic mass is 16.2. The number of hydrogen-bond acceptors (Lipinski definition) is 4. The molecule has 6 nitrogen and oxygen atoms in total. The predicted molar refractivity (Wildman–Crippen MR) is 104 cm³/mol. The first kappa shape index (κ1) is 16.7. The lowest BCUT2D eigenvalue weighted by molar-refractivity contribution is -0.123. The van der Waals surface area contributed by atoms with E-state index in [-0.39, 0.29) is 35.5 Å². The lowest BCUT2D eigenvalue weighted by atomic mass is 9.81. The Balaban J connectivity index is 1.31. The summed E-state index contributed by atoms with van der Waals surface area (Å²) in [4.78, 5) is 53.7.